The first-order chi connectivity index (χ1) is 35.7. The van der Waals surface area contributed by atoms with Crippen LogP contribution < -0.4 is 22.5 Å². The van der Waals surface area contributed by atoms with Gasteiger partial charge in [0.2, 0.25) is 0 Å². The molecule has 0 spiro atoms. The molecule has 5 heteroatoms. The summed E-state index contributed by atoms with van der Waals surface area (Å²) in [6.45, 7) is 4.70. The van der Waals surface area contributed by atoms with Crippen LogP contribution in [-0.2, 0) is 5.41 Å². The van der Waals surface area contributed by atoms with E-state index in [1.807, 2.05) is 60.9 Å². The number of para-hydroxylation sites is 1. The predicted molar refractivity (Wildman–Crippen MR) is 258 cm³/mol. The normalized spacial score (nSPS) is 22.5. The molecule has 4 heterocycles. The third-order valence-electron chi connectivity index (χ3n) is 13.6. The van der Waals surface area contributed by atoms with Crippen LogP contribution in [0.1, 0.15) is 65.7 Å². The molecule has 12 rings (SSSR count). The number of nitrogens with zero attached hydrogens (tertiary/aromatic N) is 3. The van der Waals surface area contributed by atoms with E-state index in [-0.39, 0.29) is 15.3 Å². The van der Waals surface area contributed by atoms with Crippen LogP contribution in [0.15, 0.2) is 188 Å². The first-order valence-electron chi connectivity index (χ1n) is 27.7. The summed E-state index contributed by atoms with van der Waals surface area (Å²) in [5.74, 6) is 0. The average molecular weight is 868 g/mol. The van der Waals surface area contributed by atoms with Gasteiger partial charge in [0, 0.05) is 0 Å². The summed E-state index contributed by atoms with van der Waals surface area (Å²) in [6.07, 6.45) is 8.02. The van der Waals surface area contributed by atoms with Crippen molar-refractivity contribution < 1.29 is 20.6 Å². The van der Waals surface area contributed by atoms with Gasteiger partial charge in [0.05, 0.1) is 0 Å². The summed E-state index contributed by atoms with van der Waals surface area (Å²) < 4.78 is 142. The second-order valence-electron chi connectivity index (χ2n) is 16.3. The van der Waals surface area contributed by atoms with Crippen molar-refractivity contribution in [2.45, 2.75) is 50.5 Å². The molecule has 0 N–H and O–H groups in total. The summed E-state index contributed by atoms with van der Waals surface area (Å²) in [7, 11) is 0. The molecule has 60 heavy (non-hydrogen) atoms. The molecule has 1 saturated carbocycles. The predicted octanol–water partition coefficient (Wildman–Crippen LogP) is 11.7. The van der Waals surface area contributed by atoms with E-state index >= 15 is 0 Å². The number of benzene rings is 7. The van der Waals surface area contributed by atoms with Gasteiger partial charge in [0.25, 0.3) is 0 Å². The Bertz CT molecular complexity index is 3920. The van der Waals surface area contributed by atoms with E-state index in [1.54, 1.807) is 12.1 Å². The number of rotatable bonds is 6. The Morgan fingerprint density at radius 2 is 1.23 bits per heavy atom. The van der Waals surface area contributed by atoms with Crippen molar-refractivity contribution in [3.63, 3.8) is 0 Å². The second-order valence-corrected chi connectivity index (χ2v) is 24.9. The van der Waals surface area contributed by atoms with E-state index in [0.717, 1.165) is 74.3 Å². The van der Waals surface area contributed by atoms with Gasteiger partial charge in [-0.05, 0) is 0 Å². The molecule has 1 aliphatic carbocycles. The Kier molecular flexibility index (Phi) is 5.36. The number of fused-ring (bicyclic) bond motifs is 9. The van der Waals surface area contributed by atoms with Gasteiger partial charge in [-0.25, -0.2) is 0 Å². The van der Waals surface area contributed by atoms with Crippen molar-refractivity contribution in [1.29, 1.82) is 0 Å². The first kappa shape index (κ1) is 23.7. The minimum atomic E-state index is -6.41. The zero-order chi connectivity index (χ0) is 53.1. The minimum absolute atomic E-state index is 0.106. The van der Waals surface area contributed by atoms with Crippen LogP contribution in [0, 0.1) is 0 Å². The Morgan fingerprint density at radius 1 is 0.600 bits per heavy atom. The van der Waals surface area contributed by atoms with E-state index in [2.05, 4.69) is 52.6 Å². The van der Waals surface area contributed by atoms with E-state index < -0.39 is 117 Å². The number of anilines is 2. The third kappa shape index (κ3) is 4.92. The van der Waals surface area contributed by atoms with E-state index in [4.69, 9.17) is 12.3 Å². The third-order valence-corrected chi connectivity index (χ3v) is 23.4. The average Bonchev–Trinajstić information content (AvgIpc) is 4.05. The second kappa shape index (κ2) is 13.5. The zero-order valence-corrected chi connectivity index (χ0v) is 35.7. The van der Waals surface area contributed by atoms with Gasteiger partial charge in [-0.1, -0.05) is 6.42 Å². The fraction of sp³-hybridized carbons (Fsp3) is 0.145. The molecule has 1 aliphatic heterocycles. The Balaban J connectivity index is 1.28. The SMILES string of the molecule is [2H]c1c([2H])c([2H])[c]([Ge]([c]2cc(-n3c4ccccc4c4cc(N5c6ccncc6C6(C)CCCCC56C)ccc43)c3c(c2)sc2ccccc23)([c]2c([2H])c([2H])c([2H])c([2H])c2[2H])[c]2c([2H])c([2H])c([2H])c([2H])c2[2H])c([2H])c1[2H]. The van der Waals surface area contributed by atoms with Crippen molar-refractivity contribution in [2.24, 2.45) is 0 Å². The summed E-state index contributed by atoms with van der Waals surface area (Å²) in [5, 5.41) is 3.39. The number of hydrogen-bond donors (Lipinski definition) is 0. The van der Waals surface area contributed by atoms with Crippen LogP contribution in [0.2, 0.25) is 0 Å². The molecule has 0 bridgehead atoms. The van der Waals surface area contributed by atoms with Crippen molar-refractivity contribution >= 4 is 95.5 Å². The topological polar surface area (TPSA) is 21.1 Å². The van der Waals surface area contributed by atoms with E-state index in [0.29, 0.717) is 10.4 Å². The molecule has 0 radical (unpaired) electrons. The van der Waals surface area contributed by atoms with Crippen molar-refractivity contribution in [3.8, 4) is 5.69 Å². The standard InChI is InChI=1S/C55H45GeN3S/c1-54-31-16-17-32-55(54,2)59(49-30-33-57-37-46(49)54)42-28-29-48-45(36-42)43-24-12-14-26-47(43)58(48)50-34-41(35-52-53(50)44-25-13-15-27-51(44)60-52)56(38-18-6-3-7-19-38,39-20-8-4-9-21-39)40-22-10-5-11-23-40/h3-15,18-30,33-37H,16-17,31-32H2,1-2H3/i3D,4D,5D,6D,7D,8D,9D,10D,11D,18D,19D,20D,21D,22D,23D. The fourth-order valence-electron chi connectivity index (χ4n) is 10.7. The molecule has 0 amide bonds. The fourth-order valence-corrected chi connectivity index (χ4v) is 20.1. The summed E-state index contributed by atoms with van der Waals surface area (Å²) in [6, 6.07) is 15.8. The maximum atomic E-state index is 9.76. The van der Waals surface area contributed by atoms with Crippen LogP contribution in [0.3, 0.4) is 0 Å². The molecule has 3 aromatic heterocycles. The van der Waals surface area contributed by atoms with Gasteiger partial charge in [-0.3, -0.25) is 4.98 Å². The van der Waals surface area contributed by atoms with Crippen LogP contribution in [0.5, 0.6) is 0 Å². The Hall–Kier alpha value is -5.95. The van der Waals surface area contributed by atoms with Crippen LogP contribution in [0.25, 0.3) is 47.7 Å². The molecule has 2 unspecified atom stereocenters. The summed E-state index contributed by atoms with van der Waals surface area (Å²) >= 11 is -5.02. The molecule has 2 atom stereocenters. The molecule has 2 aliphatic rings. The molecule has 290 valence electrons. The monoisotopic (exact) mass is 868 g/mol. The zero-order valence-electron chi connectivity index (χ0n) is 47.8. The molecule has 3 nitrogen and oxygen atoms in total. The van der Waals surface area contributed by atoms with Crippen LogP contribution >= 0.6 is 11.3 Å². The van der Waals surface area contributed by atoms with Gasteiger partial charge < -0.3 is 0 Å². The van der Waals surface area contributed by atoms with Gasteiger partial charge in [-0.15, -0.1) is 0 Å². The molecule has 1 fully saturated rings. The Morgan fingerprint density at radius 3 is 1.95 bits per heavy atom. The number of hydrogen-bond acceptors (Lipinski definition) is 3. The van der Waals surface area contributed by atoms with Gasteiger partial charge in [0.1, 0.15) is 0 Å². The molecular formula is C55H45GeN3S. The van der Waals surface area contributed by atoms with Gasteiger partial charge in [0.15, 0.2) is 0 Å². The van der Waals surface area contributed by atoms with Crippen molar-refractivity contribution in [3.05, 3.63) is 194 Å². The van der Waals surface area contributed by atoms with Gasteiger partial charge >= 0.3 is 369 Å². The van der Waals surface area contributed by atoms with Gasteiger partial charge in [-0.2, -0.15) is 0 Å². The maximum absolute atomic E-state index is 9.76. The summed E-state index contributed by atoms with van der Waals surface area (Å²) in [4.78, 5) is 7.08. The molecule has 7 aromatic carbocycles. The summed E-state index contributed by atoms with van der Waals surface area (Å²) in [5.41, 5.74) is 4.93. The molecular weight excluding hydrogens is 807 g/mol. The van der Waals surface area contributed by atoms with Crippen molar-refractivity contribution in [1.82, 2.24) is 9.55 Å². The van der Waals surface area contributed by atoms with E-state index in [9.17, 15) is 8.22 Å². The van der Waals surface area contributed by atoms with Crippen LogP contribution in [0.4, 0.5) is 11.4 Å². The first-order valence-corrected chi connectivity index (χ1v) is 25.2. The quantitative estimate of drug-likeness (QED) is 0.155. The van der Waals surface area contributed by atoms with Crippen molar-refractivity contribution in [2.75, 3.05) is 4.90 Å². The Labute approximate surface area is 379 Å². The molecule has 0 saturated heterocycles. The number of thiophene rings is 1. The van der Waals surface area contributed by atoms with Crippen LogP contribution in [-0.4, -0.2) is 28.4 Å². The molecule has 10 aromatic rings. The number of pyridine rings is 1. The number of aromatic nitrogens is 2. The van der Waals surface area contributed by atoms with E-state index in [1.165, 1.54) is 16.9 Å².